The SMILES string of the molecule is O=C(CCNc1ccccc1[N+](=O)[O-])NC1CCCNC1. The molecule has 1 atom stereocenters. The molecule has 0 aromatic heterocycles. The van der Waals surface area contributed by atoms with Crippen molar-refractivity contribution < 1.29 is 9.72 Å². The van der Waals surface area contributed by atoms with E-state index in [2.05, 4.69) is 16.0 Å². The summed E-state index contributed by atoms with van der Waals surface area (Å²) in [4.78, 5) is 22.2. The van der Waals surface area contributed by atoms with E-state index in [-0.39, 0.29) is 17.6 Å². The number of rotatable bonds is 6. The number of para-hydroxylation sites is 2. The average molecular weight is 292 g/mol. The number of amides is 1. The summed E-state index contributed by atoms with van der Waals surface area (Å²) in [5.74, 6) is -0.0326. The van der Waals surface area contributed by atoms with Crippen molar-refractivity contribution in [2.45, 2.75) is 25.3 Å². The minimum Gasteiger partial charge on any atom is -0.379 e. The third-order valence-corrected chi connectivity index (χ3v) is 3.43. The van der Waals surface area contributed by atoms with Gasteiger partial charge in [-0.2, -0.15) is 0 Å². The molecule has 114 valence electrons. The maximum absolute atomic E-state index is 11.8. The molecule has 3 N–H and O–H groups in total. The first kappa shape index (κ1) is 15.2. The van der Waals surface area contributed by atoms with Gasteiger partial charge in [-0.3, -0.25) is 14.9 Å². The lowest BCUT2D eigenvalue weighted by Gasteiger charge is -2.23. The highest BCUT2D eigenvalue weighted by atomic mass is 16.6. The first-order chi connectivity index (χ1) is 10.2. The number of nitrogens with one attached hydrogen (secondary N) is 3. The molecule has 0 saturated carbocycles. The van der Waals surface area contributed by atoms with Crippen molar-refractivity contribution in [2.75, 3.05) is 25.0 Å². The molecule has 7 heteroatoms. The van der Waals surface area contributed by atoms with Crippen LogP contribution in [0.25, 0.3) is 0 Å². The minimum atomic E-state index is -0.434. The van der Waals surface area contributed by atoms with Crippen molar-refractivity contribution in [3.8, 4) is 0 Å². The Morgan fingerprint density at radius 1 is 1.43 bits per heavy atom. The van der Waals surface area contributed by atoms with E-state index in [4.69, 9.17) is 0 Å². The molecule has 1 saturated heterocycles. The molecule has 1 aliphatic heterocycles. The first-order valence-corrected chi connectivity index (χ1v) is 7.14. The van der Waals surface area contributed by atoms with Crippen LogP contribution in [0, 0.1) is 10.1 Å². The molecule has 1 amide bonds. The summed E-state index contributed by atoms with van der Waals surface area (Å²) in [6.07, 6.45) is 2.36. The first-order valence-electron chi connectivity index (χ1n) is 7.14. The van der Waals surface area contributed by atoms with Crippen LogP contribution in [0.4, 0.5) is 11.4 Å². The fourth-order valence-electron chi connectivity index (χ4n) is 2.37. The number of anilines is 1. The van der Waals surface area contributed by atoms with Gasteiger partial charge in [0.2, 0.25) is 5.91 Å². The van der Waals surface area contributed by atoms with Gasteiger partial charge in [0, 0.05) is 31.6 Å². The number of nitro benzene ring substituents is 1. The van der Waals surface area contributed by atoms with Crippen LogP contribution in [0.2, 0.25) is 0 Å². The van der Waals surface area contributed by atoms with Gasteiger partial charge in [-0.15, -0.1) is 0 Å². The van der Waals surface area contributed by atoms with Crippen molar-refractivity contribution in [3.63, 3.8) is 0 Å². The van der Waals surface area contributed by atoms with Gasteiger partial charge in [-0.25, -0.2) is 0 Å². The van der Waals surface area contributed by atoms with Gasteiger partial charge in [0.05, 0.1) is 4.92 Å². The zero-order valence-electron chi connectivity index (χ0n) is 11.8. The predicted molar refractivity (Wildman–Crippen MR) is 80.2 cm³/mol. The summed E-state index contributed by atoms with van der Waals surface area (Å²) in [6.45, 7) is 2.19. The fraction of sp³-hybridized carbons (Fsp3) is 0.500. The van der Waals surface area contributed by atoms with Crippen molar-refractivity contribution in [2.24, 2.45) is 0 Å². The van der Waals surface area contributed by atoms with E-state index in [1.165, 1.54) is 6.07 Å². The monoisotopic (exact) mass is 292 g/mol. The Morgan fingerprint density at radius 2 is 2.24 bits per heavy atom. The van der Waals surface area contributed by atoms with E-state index in [1.54, 1.807) is 18.2 Å². The van der Waals surface area contributed by atoms with E-state index in [9.17, 15) is 14.9 Å². The molecular formula is C14H20N4O3. The van der Waals surface area contributed by atoms with Crippen molar-refractivity contribution in [3.05, 3.63) is 34.4 Å². The lowest BCUT2D eigenvalue weighted by Crippen LogP contribution is -2.45. The van der Waals surface area contributed by atoms with Gasteiger partial charge in [-0.05, 0) is 25.5 Å². The Morgan fingerprint density at radius 3 is 2.95 bits per heavy atom. The molecule has 7 nitrogen and oxygen atoms in total. The Labute approximate surface area is 123 Å². The van der Waals surface area contributed by atoms with Crippen LogP contribution in [-0.4, -0.2) is 36.5 Å². The number of hydrogen-bond acceptors (Lipinski definition) is 5. The van der Waals surface area contributed by atoms with E-state index < -0.39 is 4.92 Å². The van der Waals surface area contributed by atoms with Gasteiger partial charge in [0.25, 0.3) is 5.69 Å². The summed E-state index contributed by atoms with van der Waals surface area (Å²) in [6, 6.07) is 6.61. The van der Waals surface area contributed by atoms with Gasteiger partial charge < -0.3 is 16.0 Å². The van der Waals surface area contributed by atoms with E-state index >= 15 is 0 Å². The Balaban J connectivity index is 1.76. The molecule has 21 heavy (non-hydrogen) atoms. The molecule has 2 rings (SSSR count). The molecule has 0 spiro atoms. The zero-order valence-corrected chi connectivity index (χ0v) is 11.8. The van der Waals surface area contributed by atoms with Crippen LogP contribution in [0.1, 0.15) is 19.3 Å². The number of nitrogens with zero attached hydrogens (tertiary/aromatic N) is 1. The molecule has 1 unspecified atom stereocenters. The predicted octanol–water partition coefficient (Wildman–Crippen LogP) is 1.26. The standard InChI is InChI=1S/C14H20N4O3/c19-14(17-11-4-3-8-15-10-11)7-9-16-12-5-1-2-6-13(12)18(20)21/h1-2,5-6,11,15-16H,3-4,7-10H2,(H,17,19). The van der Waals surface area contributed by atoms with Gasteiger partial charge in [-0.1, -0.05) is 12.1 Å². The number of hydrogen-bond donors (Lipinski definition) is 3. The van der Waals surface area contributed by atoms with Crippen LogP contribution in [0.5, 0.6) is 0 Å². The molecule has 0 aliphatic carbocycles. The Hall–Kier alpha value is -2.15. The third-order valence-electron chi connectivity index (χ3n) is 3.43. The second-order valence-corrected chi connectivity index (χ2v) is 5.06. The highest BCUT2D eigenvalue weighted by Crippen LogP contribution is 2.22. The number of nitro groups is 1. The lowest BCUT2D eigenvalue weighted by atomic mass is 10.1. The molecule has 1 fully saturated rings. The number of carbonyl (C=O) groups is 1. The van der Waals surface area contributed by atoms with Crippen LogP contribution < -0.4 is 16.0 Å². The molecule has 0 radical (unpaired) electrons. The second-order valence-electron chi connectivity index (χ2n) is 5.06. The molecule has 0 bridgehead atoms. The van der Waals surface area contributed by atoms with Crippen LogP contribution in [-0.2, 0) is 4.79 Å². The smallest absolute Gasteiger partial charge is 0.292 e. The number of benzene rings is 1. The molecule has 1 aromatic rings. The summed E-state index contributed by atoms with van der Waals surface area (Å²) < 4.78 is 0. The topological polar surface area (TPSA) is 96.3 Å². The molecule has 1 aliphatic rings. The summed E-state index contributed by atoms with van der Waals surface area (Å²) >= 11 is 0. The second kappa shape index (κ2) is 7.58. The van der Waals surface area contributed by atoms with Crippen LogP contribution >= 0.6 is 0 Å². The average Bonchev–Trinajstić information content (AvgIpc) is 2.48. The van der Waals surface area contributed by atoms with Crippen molar-refractivity contribution >= 4 is 17.3 Å². The van der Waals surface area contributed by atoms with Gasteiger partial charge in [0.15, 0.2) is 0 Å². The third kappa shape index (κ3) is 4.71. The lowest BCUT2D eigenvalue weighted by molar-refractivity contribution is -0.384. The van der Waals surface area contributed by atoms with Gasteiger partial charge in [0.1, 0.15) is 5.69 Å². The maximum Gasteiger partial charge on any atom is 0.292 e. The number of piperidine rings is 1. The summed E-state index contributed by atoms with van der Waals surface area (Å²) in [7, 11) is 0. The largest absolute Gasteiger partial charge is 0.379 e. The zero-order chi connectivity index (χ0) is 15.1. The van der Waals surface area contributed by atoms with E-state index in [0.717, 1.165) is 25.9 Å². The Bertz CT molecular complexity index is 501. The molecular weight excluding hydrogens is 272 g/mol. The summed E-state index contributed by atoms with van der Waals surface area (Å²) in [5, 5.41) is 20.0. The molecule has 1 heterocycles. The summed E-state index contributed by atoms with van der Waals surface area (Å²) in [5.41, 5.74) is 0.462. The van der Waals surface area contributed by atoms with Crippen LogP contribution in [0.15, 0.2) is 24.3 Å². The highest BCUT2D eigenvalue weighted by molar-refractivity contribution is 5.77. The maximum atomic E-state index is 11.8. The van der Waals surface area contributed by atoms with Gasteiger partial charge >= 0.3 is 0 Å². The number of carbonyl (C=O) groups excluding carboxylic acids is 1. The highest BCUT2D eigenvalue weighted by Gasteiger charge is 2.15. The molecule has 1 aromatic carbocycles. The quantitative estimate of drug-likeness (QED) is 0.542. The normalized spacial score (nSPS) is 18.0. The fourth-order valence-corrected chi connectivity index (χ4v) is 2.37. The Kier molecular flexibility index (Phi) is 5.51. The van der Waals surface area contributed by atoms with E-state index in [1.807, 2.05) is 0 Å². The van der Waals surface area contributed by atoms with Crippen molar-refractivity contribution in [1.82, 2.24) is 10.6 Å². The minimum absolute atomic E-state index is 0.0226. The van der Waals surface area contributed by atoms with Crippen LogP contribution in [0.3, 0.4) is 0 Å². The van der Waals surface area contributed by atoms with Crippen molar-refractivity contribution in [1.29, 1.82) is 0 Å². The van der Waals surface area contributed by atoms with E-state index in [0.29, 0.717) is 18.7 Å².